The number of aromatic hydroxyl groups is 1. The van der Waals surface area contributed by atoms with Crippen molar-refractivity contribution in [1.29, 1.82) is 0 Å². The van der Waals surface area contributed by atoms with Crippen molar-refractivity contribution < 1.29 is 108 Å². The van der Waals surface area contributed by atoms with Gasteiger partial charge in [-0.1, -0.05) is 55.2 Å². The lowest BCUT2D eigenvalue weighted by Crippen LogP contribution is -2.30. The maximum Gasteiger partial charge on any atom is 0.338 e. The molecule has 0 radical (unpaired) electrons. The number of H-pyrrole nitrogens is 1. The Morgan fingerprint density at radius 2 is 0.819 bits per heavy atom. The van der Waals surface area contributed by atoms with Crippen LogP contribution in [0, 0.1) is 34.9 Å². The van der Waals surface area contributed by atoms with Gasteiger partial charge < -0.3 is 68.4 Å². The fraction of sp³-hybridized carbons (Fsp3) is 0.267. The molecular weight excluding hydrogens is 2270 g/mol. The largest absolute Gasteiger partial charge is 0.505 e. The lowest BCUT2D eigenvalue weighted by molar-refractivity contribution is 0.0598. The highest BCUT2D eigenvalue weighted by Crippen LogP contribution is 2.36. The van der Waals surface area contributed by atoms with E-state index in [2.05, 4.69) is 164 Å². The van der Waals surface area contributed by atoms with Gasteiger partial charge in [0.15, 0.2) is 57.9 Å². The number of esters is 1. The van der Waals surface area contributed by atoms with Gasteiger partial charge in [-0.15, -0.1) is 16.7 Å². The molecule has 6 aromatic carbocycles. The number of hydrogen-bond donors (Lipinski definition) is 5. The maximum atomic E-state index is 14.7. The number of halogens is 11. The van der Waals surface area contributed by atoms with Crippen LogP contribution in [-0.2, 0) is 91.4 Å². The Bertz CT molecular complexity index is 7060. The van der Waals surface area contributed by atoms with Gasteiger partial charge in [0, 0.05) is 100 Å². The summed E-state index contributed by atoms with van der Waals surface area (Å²) >= 11 is 18.0. The van der Waals surface area contributed by atoms with Crippen molar-refractivity contribution in [2.75, 3.05) is 58.6 Å². The summed E-state index contributed by atoms with van der Waals surface area (Å²) in [5.74, 6) is -2.15. The number of amides is 5. The monoisotopic (exact) mass is 2360 g/mol. The standard InChI is InChI=1S/C25H29FN4O5Si.C19H15FN4O4.C15H13FN2O3.C10H17BrN2O2Si.C9H7Br2FO2.C8H5BrFNO.C8H6FNO2.C7H8ClNO/c1-33-19-6-5-18(27-13-19)15-35-22-11-17-14-29(25(32)20(17)12-21(22)26)23-7-8-24(31)30(28-23)16-34-9-10-36(2,3)4;1-27-13-3-2-12(21-8-13)10-28-16-6-11-9-24(17-4-5-18(25)23-22-17)19(26)14(11)7-15(16)20;1-20-11-3-2-10(17-7-11)8-21-14-4-9-6-18-15(19)12(9)5-13(14)16;1-16(2,3)7-6-15-8-13-10(14)5-4-9(11)12-13;1-14-9(13)6-3-8(12)7(11)2-5(6)4-10;9-6-1-4-3-11-8(12)5(4)2-7(6)10;9-6-2-5-4(1-7(6)11)3-10-8(5)12;1-10-7-3-2-6(4-8)9-5-7/h5-8,11-13H,9-10,14-16H2,1-4H3;2-8H,9-10H2,1H3,(H,23,25);2-5,7H,6,8H2,1H3,(H,18,19);4-5H,6-8H2,1-3H3;2-3H,4H2,1H3;1-2H,3H2,(H,11,12);1-2,11H,3H2,(H,10,12);2-3,5H,4H2,1H3. The predicted molar refractivity (Wildman–Crippen MR) is 557 cm³/mol. The second-order valence-corrected chi connectivity index (χ2v) is 49.4. The normalized spacial score (nSPS) is 12.5. The second-order valence-electron chi connectivity index (χ2n) is 34.8. The molecule has 48 heteroatoms. The number of ether oxygens (including phenoxy) is 10. The van der Waals surface area contributed by atoms with Crippen molar-refractivity contribution in [2.24, 2.45) is 0 Å². The van der Waals surface area contributed by atoms with Crippen molar-refractivity contribution in [2.45, 2.75) is 129 Å². The number of carbonyl (C=O) groups excluding carboxylic acids is 6. The molecule has 35 nitrogen and oxygen atoms in total. The molecule has 0 unspecified atom stereocenters. The van der Waals surface area contributed by atoms with Crippen LogP contribution in [0.5, 0.6) is 46.0 Å². The van der Waals surface area contributed by atoms with Crippen LogP contribution in [0.25, 0.3) is 0 Å². The van der Waals surface area contributed by atoms with E-state index in [1.807, 2.05) is 12.1 Å². The number of phenols is 1. The van der Waals surface area contributed by atoms with E-state index >= 15 is 0 Å². The minimum Gasteiger partial charge on any atom is -0.505 e. The summed E-state index contributed by atoms with van der Waals surface area (Å²) in [6.07, 6.45) is 6.32. The summed E-state index contributed by atoms with van der Waals surface area (Å²) in [5.41, 5.74) is 7.82. The zero-order valence-electron chi connectivity index (χ0n) is 81.9. The first-order valence-electron chi connectivity index (χ1n) is 45.1. The molecule has 0 bridgehead atoms. The number of rotatable bonds is 28. The number of nitrogens with one attached hydrogen (secondary N) is 4. The summed E-state index contributed by atoms with van der Waals surface area (Å²) in [6.45, 7) is 16.9. The Morgan fingerprint density at radius 3 is 1.23 bits per heavy atom. The zero-order valence-corrected chi connectivity index (χ0v) is 91.0. The smallest absolute Gasteiger partial charge is 0.338 e. The van der Waals surface area contributed by atoms with E-state index in [0.717, 1.165) is 52.9 Å². The number of carbonyl (C=O) groups is 6. The van der Waals surface area contributed by atoms with Crippen molar-refractivity contribution in [1.82, 2.24) is 65.6 Å². The van der Waals surface area contributed by atoms with Gasteiger partial charge in [-0.25, -0.2) is 45.6 Å². The average Bonchev–Trinajstić information content (AvgIpc) is 1.62. The van der Waals surface area contributed by atoms with Crippen LogP contribution in [0.2, 0.25) is 51.4 Å². The number of methoxy groups -OCH3 is 5. The van der Waals surface area contributed by atoms with Gasteiger partial charge in [0.2, 0.25) is 0 Å². The Balaban J connectivity index is 0.000000168. The molecule has 18 rings (SSSR count). The van der Waals surface area contributed by atoms with E-state index in [9.17, 15) is 69.5 Å². The van der Waals surface area contributed by atoms with Crippen LogP contribution in [0.15, 0.2) is 210 Å². The molecule has 0 atom stereocenters. The van der Waals surface area contributed by atoms with Crippen LogP contribution in [0.3, 0.4) is 0 Å². The summed E-state index contributed by atoms with van der Waals surface area (Å²) < 4.78 is 138. The fourth-order valence-electron chi connectivity index (χ4n) is 13.7. The van der Waals surface area contributed by atoms with Crippen LogP contribution >= 0.6 is 75.3 Å². The van der Waals surface area contributed by atoms with Gasteiger partial charge in [-0.05, 0) is 233 Å². The predicted octanol–water partition coefficient (Wildman–Crippen LogP) is 18.0. The molecule has 12 heterocycles. The lowest BCUT2D eigenvalue weighted by Gasteiger charge is -2.17. The molecule has 7 aromatic heterocycles. The van der Waals surface area contributed by atoms with E-state index < -0.39 is 74.6 Å². The highest BCUT2D eigenvalue weighted by molar-refractivity contribution is 9.11. The van der Waals surface area contributed by atoms with Gasteiger partial charge in [-0.3, -0.25) is 68.1 Å². The number of hydrogen-bond acceptors (Lipinski definition) is 27. The summed E-state index contributed by atoms with van der Waals surface area (Å²) in [6, 6.07) is 40.8. The van der Waals surface area contributed by atoms with Crippen molar-refractivity contribution in [3.8, 4) is 46.0 Å². The van der Waals surface area contributed by atoms with Crippen LogP contribution in [0.4, 0.5) is 38.0 Å². The van der Waals surface area contributed by atoms with Gasteiger partial charge in [0.1, 0.15) is 72.5 Å². The minimum atomic E-state index is -1.26. The Labute approximate surface area is 890 Å². The first-order chi connectivity index (χ1) is 71.1. The highest BCUT2D eigenvalue weighted by Gasteiger charge is 2.35. The molecule has 13 aromatic rings. The topological polar surface area (TPSA) is 425 Å². The molecule has 784 valence electrons. The Morgan fingerprint density at radius 1 is 0.436 bits per heavy atom. The van der Waals surface area contributed by atoms with E-state index in [-0.39, 0.29) is 126 Å². The first-order valence-corrected chi connectivity index (χ1v) is 56.5. The SMILES string of the molecule is COC(=O)c1cc(F)c(Br)cc1CBr.COc1ccc(CCl)nc1.COc1ccc(COc2cc3c(cc2F)C(=O)N(c2ccc(=O)[nH]n2)C3)nc1.COc1ccc(COc2cc3c(cc2F)C(=O)N(c2ccc(=O)n(COCC[Si](C)(C)C)n2)C3)nc1.COc1ccc(COc2cc3c(cc2F)C(=O)NC3)nc1.C[Si](C)(C)CCOCn1nc(Br)ccc1=O.O=C1NCc2cc(Br)c(F)cc21.O=C1NCc2cc(O)c(F)cc21. The van der Waals surface area contributed by atoms with Gasteiger partial charge >= 0.3 is 5.97 Å². The van der Waals surface area contributed by atoms with Gasteiger partial charge in [0.05, 0.1) is 117 Å². The molecular formula is C101H100Br4ClF6N15O20Si2. The molecule has 0 spiro atoms. The first kappa shape index (κ1) is 115. The van der Waals surface area contributed by atoms with E-state index in [1.54, 1.807) is 114 Å². The number of pyridine rings is 4. The summed E-state index contributed by atoms with van der Waals surface area (Å²) in [4.78, 5) is 124. The molecule has 0 fully saturated rings. The number of benzene rings is 6. The number of anilines is 2. The molecule has 5 aliphatic rings. The highest BCUT2D eigenvalue weighted by atomic mass is 79.9. The number of alkyl halides is 2. The number of aromatic amines is 1. The third-order valence-electron chi connectivity index (χ3n) is 21.9. The average molecular weight is 2370 g/mol. The number of aromatic nitrogens is 10. The van der Waals surface area contributed by atoms with Crippen molar-refractivity contribution >= 4 is 139 Å². The van der Waals surface area contributed by atoms with Gasteiger partial charge in [0.25, 0.3) is 46.2 Å². The summed E-state index contributed by atoms with van der Waals surface area (Å²) in [5, 5.41) is 31.7. The molecule has 149 heavy (non-hydrogen) atoms. The molecule has 0 saturated carbocycles. The molecule has 0 aliphatic carbocycles. The molecule has 5 N–H and O–H groups in total. The van der Waals surface area contributed by atoms with Crippen LogP contribution in [0.1, 0.15) is 118 Å². The molecule has 5 amide bonds. The second kappa shape index (κ2) is 54.2. The van der Waals surface area contributed by atoms with E-state index in [1.165, 1.54) is 93.0 Å². The fourth-order valence-corrected chi connectivity index (χ4v) is 16.9. The minimum absolute atomic E-state index is 0.00184. The maximum absolute atomic E-state index is 14.7. The van der Waals surface area contributed by atoms with E-state index in [0.29, 0.717) is 131 Å². The van der Waals surface area contributed by atoms with Crippen molar-refractivity contribution in [3.05, 3.63) is 352 Å². The number of fused-ring (bicyclic) bond motifs is 5. The zero-order chi connectivity index (χ0) is 108. The van der Waals surface area contributed by atoms with Crippen molar-refractivity contribution in [3.63, 3.8) is 0 Å². The van der Waals surface area contributed by atoms with E-state index in [4.69, 9.17) is 59.3 Å². The number of phenolic OH excluding ortho intramolecular Hbond substituents is 1. The number of nitrogens with zero attached hydrogens (tertiary/aromatic N) is 11. The molecule has 0 saturated heterocycles. The van der Waals surface area contributed by atoms with Crippen LogP contribution in [-0.4, -0.2) is 155 Å². The van der Waals surface area contributed by atoms with Crippen LogP contribution < -0.4 is 75.6 Å². The summed E-state index contributed by atoms with van der Waals surface area (Å²) in [7, 11) is 5.20. The molecule has 5 aliphatic heterocycles. The Hall–Kier alpha value is -14.1. The van der Waals surface area contributed by atoms with Gasteiger partial charge in [-0.2, -0.15) is 10.2 Å². The quantitative estimate of drug-likeness (QED) is 0.00999. The Kier molecular flexibility index (Phi) is 41.9. The third kappa shape index (κ3) is 33.0. The lowest BCUT2D eigenvalue weighted by atomic mass is 10.1. The third-order valence-corrected chi connectivity index (χ3v) is 27.8.